The standard InChI is InChI=1S/C21H17BrN4O/c22-17-11-9-15(10-12-17)14-27-20-8-4-1-5-16(20)13-23-26-21-24-18-6-2-3-7-19(18)25-21/h1-13H,14H2,(H2,24,25,26)/b23-13-. The molecule has 0 aliphatic carbocycles. The van der Waals surface area contributed by atoms with E-state index in [2.05, 4.69) is 36.4 Å². The van der Waals surface area contributed by atoms with Crippen LogP contribution in [0, 0.1) is 0 Å². The smallest absolute Gasteiger partial charge is 0.222 e. The Balaban J connectivity index is 1.43. The van der Waals surface area contributed by atoms with Gasteiger partial charge in [0.05, 0.1) is 17.2 Å². The summed E-state index contributed by atoms with van der Waals surface area (Å²) < 4.78 is 7.01. The lowest BCUT2D eigenvalue weighted by Gasteiger charge is -2.09. The molecule has 1 aromatic heterocycles. The van der Waals surface area contributed by atoms with Crippen molar-refractivity contribution in [1.29, 1.82) is 0 Å². The molecule has 0 bridgehead atoms. The molecule has 2 N–H and O–H groups in total. The number of anilines is 1. The van der Waals surface area contributed by atoms with Crippen molar-refractivity contribution in [2.45, 2.75) is 6.61 Å². The van der Waals surface area contributed by atoms with E-state index in [0.29, 0.717) is 12.6 Å². The second-order valence-electron chi connectivity index (χ2n) is 5.93. The van der Waals surface area contributed by atoms with Gasteiger partial charge in [-0.25, -0.2) is 10.4 Å². The molecule has 27 heavy (non-hydrogen) atoms. The first-order chi connectivity index (χ1) is 13.3. The van der Waals surface area contributed by atoms with Crippen LogP contribution in [0.15, 0.2) is 82.4 Å². The second kappa shape index (κ2) is 8.05. The quantitative estimate of drug-likeness (QED) is 0.326. The van der Waals surface area contributed by atoms with Crippen molar-refractivity contribution in [3.8, 4) is 5.75 Å². The molecule has 4 rings (SSSR count). The molecular formula is C21H17BrN4O. The van der Waals surface area contributed by atoms with Crippen molar-refractivity contribution in [1.82, 2.24) is 9.97 Å². The number of para-hydroxylation sites is 3. The average molecular weight is 421 g/mol. The van der Waals surface area contributed by atoms with Crippen LogP contribution < -0.4 is 10.2 Å². The number of benzene rings is 3. The summed E-state index contributed by atoms with van der Waals surface area (Å²) in [7, 11) is 0. The Morgan fingerprint density at radius 3 is 2.63 bits per heavy atom. The van der Waals surface area contributed by atoms with Crippen LogP contribution >= 0.6 is 15.9 Å². The van der Waals surface area contributed by atoms with Crippen LogP contribution in [0.2, 0.25) is 0 Å². The van der Waals surface area contributed by atoms with Crippen molar-refractivity contribution in [3.05, 3.63) is 88.4 Å². The van der Waals surface area contributed by atoms with Crippen molar-refractivity contribution >= 4 is 39.1 Å². The fourth-order valence-electron chi connectivity index (χ4n) is 2.63. The number of aromatic amines is 1. The molecule has 4 aromatic rings. The zero-order valence-electron chi connectivity index (χ0n) is 14.4. The fraction of sp³-hybridized carbons (Fsp3) is 0.0476. The number of aromatic nitrogens is 2. The third-order valence-corrected chi connectivity index (χ3v) is 4.52. The number of nitrogens with zero attached hydrogens (tertiary/aromatic N) is 2. The molecular weight excluding hydrogens is 404 g/mol. The van der Waals surface area contributed by atoms with Crippen molar-refractivity contribution in [2.24, 2.45) is 5.10 Å². The van der Waals surface area contributed by atoms with Crippen molar-refractivity contribution < 1.29 is 4.74 Å². The van der Waals surface area contributed by atoms with Gasteiger partial charge in [0.15, 0.2) is 0 Å². The molecule has 0 unspecified atom stereocenters. The van der Waals surface area contributed by atoms with Gasteiger partial charge in [0, 0.05) is 10.0 Å². The molecule has 5 nitrogen and oxygen atoms in total. The predicted octanol–water partition coefficient (Wildman–Crippen LogP) is 5.35. The number of halogens is 1. The van der Waals surface area contributed by atoms with Crippen molar-refractivity contribution in [3.63, 3.8) is 0 Å². The Morgan fingerprint density at radius 2 is 1.78 bits per heavy atom. The van der Waals surface area contributed by atoms with Crippen LogP contribution in [-0.4, -0.2) is 16.2 Å². The predicted molar refractivity (Wildman–Crippen MR) is 112 cm³/mol. The minimum atomic E-state index is 0.495. The van der Waals surface area contributed by atoms with E-state index in [-0.39, 0.29) is 0 Å². The van der Waals surface area contributed by atoms with Crippen LogP contribution in [0.1, 0.15) is 11.1 Å². The van der Waals surface area contributed by atoms with Crippen LogP contribution in [0.5, 0.6) is 5.75 Å². The Bertz CT molecular complexity index is 1040. The number of imidazole rings is 1. The van der Waals surface area contributed by atoms with E-state index in [4.69, 9.17) is 4.74 Å². The van der Waals surface area contributed by atoms with Gasteiger partial charge in [0.25, 0.3) is 0 Å². The lowest BCUT2D eigenvalue weighted by atomic mass is 10.2. The highest BCUT2D eigenvalue weighted by Crippen LogP contribution is 2.19. The van der Waals surface area contributed by atoms with Crippen LogP contribution in [-0.2, 0) is 6.61 Å². The Morgan fingerprint density at radius 1 is 1.00 bits per heavy atom. The summed E-state index contributed by atoms with van der Waals surface area (Å²) >= 11 is 3.44. The second-order valence-corrected chi connectivity index (χ2v) is 6.84. The zero-order valence-corrected chi connectivity index (χ0v) is 16.0. The zero-order chi connectivity index (χ0) is 18.5. The lowest BCUT2D eigenvalue weighted by Crippen LogP contribution is -1.99. The molecule has 1 heterocycles. The molecule has 0 radical (unpaired) electrons. The van der Waals surface area contributed by atoms with Gasteiger partial charge in [-0.2, -0.15) is 5.10 Å². The first kappa shape index (κ1) is 17.3. The molecule has 0 saturated heterocycles. The summed E-state index contributed by atoms with van der Waals surface area (Å²) in [6, 6.07) is 23.7. The molecule has 0 aliphatic heterocycles. The maximum absolute atomic E-state index is 5.96. The molecule has 0 atom stereocenters. The first-order valence-electron chi connectivity index (χ1n) is 8.48. The Labute approximate surface area is 165 Å². The summed E-state index contributed by atoms with van der Waals surface area (Å²) in [5, 5.41) is 4.28. The number of hydrogen-bond acceptors (Lipinski definition) is 4. The maximum Gasteiger partial charge on any atom is 0.222 e. The van der Waals surface area contributed by atoms with E-state index >= 15 is 0 Å². The largest absolute Gasteiger partial charge is 0.488 e. The Kier molecular flexibility index (Phi) is 5.16. The normalized spacial score (nSPS) is 11.1. The van der Waals surface area contributed by atoms with Crippen LogP contribution in [0.3, 0.4) is 0 Å². The summed E-state index contributed by atoms with van der Waals surface area (Å²) in [4.78, 5) is 7.61. The minimum absolute atomic E-state index is 0.495. The third-order valence-electron chi connectivity index (χ3n) is 3.99. The van der Waals surface area contributed by atoms with Gasteiger partial charge in [-0.1, -0.05) is 52.3 Å². The van der Waals surface area contributed by atoms with Gasteiger partial charge in [-0.3, -0.25) is 0 Å². The molecule has 134 valence electrons. The van der Waals surface area contributed by atoms with E-state index in [1.807, 2.05) is 72.8 Å². The number of hydrazone groups is 1. The van der Waals surface area contributed by atoms with Crippen molar-refractivity contribution in [2.75, 3.05) is 5.43 Å². The summed E-state index contributed by atoms with van der Waals surface area (Å²) in [6.07, 6.45) is 1.73. The highest BCUT2D eigenvalue weighted by atomic mass is 79.9. The van der Waals surface area contributed by atoms with Gasteiger partial charge in [0.2, 0.25) is 5.95 Å². The van der Waals surface area contributed by atoms with Gasteiger partial charge in [-0.05, 0) is 42.0 Å². The number of H-pyrrole nitrogens is 1. The van der Waals surface area contributed by atoms with Crippen LogP contribution in [0.4, 0.5) is 5.95 Å². The highest BCUT2D eigenvalue weighted by Gasteiger charge is 2.03. The molecule has 0 amide bonds. The highest BCUT2D eigenvalue weighted by molar-refractivity contribution is 9.10. The molecule has 0 fully saturated rings. The van der Waals surface area contributed by atoms with Gasteiger partial charge < -0.3 is 9.72 Å². The minimum Gasteiger partial charge on any atom is -0.488 e. The van der Waals surface area contributed by atoms with E-state index < -0.39 is 0 Å². The van der Waals surface area contributed by atoms with E-state index in [0.717, 1.165) is 32.4 Å². The summed E-state index contributed by atoms with van der Waals surface area (Å²) in [6.45, 7) is 0.495. The average Bonchev–Trinajstić information content (AvgIpc) is 3.11. The lowest BCUT2D eigenvalue weighted by molar-refractivity contribution is 0.306. The molecule has 0 aliphatic rings. The van der Waals surface area contributed by atoms with E-state index in [9.17, 15) is 0 Å². The number of rotatable bonds is 6. The topological polar surface area (TPSA) is 62.3 Å². The SMILES string of the molecule is Brc1ccc(COc2ccccc2/C=N\Nc2nc3ccccc3[nH]2)cc1. The molecule has 3 aromatic carbocycles. The first-order valence-corrected chi connectivity index (χ1v) is 9.27. The molecule has 0 saturated carbocycles. The maximum atomic E-state index is 5.96. The van der Waals surface area contributed by atoms with Crippen LogP contribution in [0.25, 0.3) is 11.0 Å². The van der Waals surface area contributed by atoms with Gasteiger partial charge in [-0.15, -0.1) is 0 Å². The molecule has 0 spiro atoms. The number of ether oxygens (including phenoxy) is 1. The third kappa shape index (κ3) is 4.35. The summed E-state index contributed by atoms with van der Waals surface area (Å²) in [5.41, 5.74) is 6.78. The van der Waals surface area contributed by atoms with E-state index in [1.165, 1.54) is 0 Å². The number of fused-ring (bicyclic) bond motifs is 1. The van der Waals surface area contributed by atoms with Gasteiger partial charge in [0.1, 0.15) is 12.4 Å². The van der Waals surface area contributed by atoms with E-state index in [1.54, 1.807) is 6.21 Å². The number of nitrogens with one attached hydrogen (secondary N) is 2. The van der Waals surface area contributed by atoms with Gasteiger partial charge >= 0.3 is 0 Å². The number of hydrogen-bond donors (Lipinski definition) is 2. The Hall–Kier alpha value is -3.12. The fourth-order valence-corrected chi connectivity index (χ4v) is 2.89. The summed E-state index contributed by atoms with van der Waals surface area (Å²) in [5.74, 6) is 1.37. The molecule has 6 heteroatoms. The monoisotopic (exact) mass is 420 g/mol.